The smallest absolute Gasteiger partial charge is 0.246 e. The van der Waals surface area contributed by atoms with Gasteiger partial charge in [-0.1, -0.05) is 30.3 Å². The average molecular weight is 335 g/mol. The number of para-hydroxylation sites is 1. The number of benzene rings is 2. The molecular formula is C21H21NO3. The molecule has 2 aromatic carbocycles. The second kappa shape index (κ2) is 7.26. The van der Waals surface area contributed by atoms with Gasteiger partial charge in [0.25, 0.3) is 0 Å². The number of nitrogens with zero attached hydrogens (tertiary/aromatic N) is 1. The Labute approximate surface area is 147 Å². The lowest BCUT2D eigenvalue weighted by Gasteiger charge is -2.21. The summed E-state index contributed by atoms with van der Waals surface area (Å²) < 4.78 is 11.1. The summed E-state index contributed by atoms with van der Waals surface area (Å²) >= 11 is 0. The predicted molar refractivity (Wildman–Crippen MR) is 99.4 cm³/mol. The molecule has 0 radical (unpaired) electrons. The van der Waals surface area contributed by atoms with Crippen LogP contribution in [-0.2, 0) is 4.79 Å². The van der Waals surface area contributed by atoms with Gasteiger partial charge in [-0.3, -0.25) is 4.79 Å². The summed E-state index contributed by atoms with van der Waals surface area (Å²) in [6.07, 6.45) is 3.35. The monoisotopic (exact) mass is 335 g/mol. The van der Waals surface area contributed by atoms with Gasteiger partial charge in [0.15, 0.2) is 0 Å². The van der Waals surface area contributed by atoms with Crippen molar-refractivity contribution in [3.63, 3.8) is 0 Å². The molecule has 0 bridgehead atoms. The van der Waals surface area contributed by atoms with Gasteiger partial charge in [0.1, 0.15) is 17.1 Å². The van der Waals surface area contributed by atoms with Crippen LogP contribution in [0.2, 0.25) is 0 Å². The van der Waals surface area contributed by atoms with Crippen molar-refractivity contribution in [1.82, 2.24) is 4.90 Å². The fraction of sp³-hybridized carbons (Fsp3) is 0.190. The largest absolute Gasteiger partial charge is 0.497 e. The minimum absolute atomic E-state index is 0.0872. The van der Waals surface area contributed by atoms with Crippen molar-refractivity contribution in [2.24, 2.45) is 0 Å². The summed E-state index contributed by atoms with van der Waals surface area (Å²) in [5, 5.41) is 1.04. The standard InChI is InChI=1S/C21H21NO3/c1-15(20-14-17-8-4-5-10-19(17)25-20)22(2)21(23)12-11-16-7-6-9-18(13-16)24-3/h4-15H,1-3H3. The minimum Gasteiger partial charge on any atom is -0.497 e. The highest BCUT2D eigenvalue weighted by Crippen LogP contribution is 2.26. The molecule has 3 aromatic rings. The van der Waals surface area contributed by atoms with E-state index in [2.05, 4.69) is 0 Å². The van der Waals surface area contributed by atoms with Crippen LogP contribution < -0.4 is 4.74 Å². The van der Waals surface area contributed by atoms with Gasteiger partial charge in [0.05, 0.1) is 13.2 Å². The van der Waals surface area contributed by atoms with Crippen molar-refractivity contribution in [3.05, 3.63) is 72.0 Å². The zero-order valence-corrected chi connectivity index (χ0v) is 14.6. The van der Waals surface area contributed by atoms with Crippen LogP contribution >= 0.6 is 0 Å². The first-order valence-corrected chi connectivity index (χ1v) is 8.16. The van der Waals surface area contributed by atoms with Gasteiger partial charge in [-0.05, 0) is 42.8 Å². The van der Waals surface area contributed by atoms with E-state index < -0.39 is 0 Å². The van der Waals surface area contributed by atoms with Gasteiger partial charge in [0.2, 0.25) is 5.91 Å². The molecule has 4 heteroatoms. The third kappa shape index (κ3) is 3.74. The molecule has 0 saturated heterocycles. The van der Waals surface area contributed by atoms with Crippen LogP contribution in [0.5, 0.6) is 5.75 Å². The number of likely N-dealkylation sites (N-methyl/N-ethyl adjacent to an activating group) is 1. The normalized spacial score (nSPS) is 12.4. The summed E-state index contributed by atoms with van der Waals surface area (Å²) in [7, 11) is 3.40. The molecule has 0 spiro atoms. The van der Waals surface area contributed by atoms with Gasteiger partial charge >= 0.3 is 0 Å². The molecule has 25 heavy (non-hydrogen) atoms. The summed E-state index contributed by atoms with van der Waals surface area (Å²) in [4.78, 5) is 14.1. The molecule has 0 aliphatic rings. The number of carbonyl (C=O) groups excluding carboxylic acids is 1. The van der Waals surface area contributed by atoms with E-state index in [1.807, 2.05) is 61.5 Å². The number of fused-ring (bicyclic) bond motifs is 1. The fourth-order valence-corrected chi connectivity index (χ4v) is 2.62. The molecule has 1 atom stereocenters. The van der Waals surface area contributed by atoms with Crippen molar-refractivity contribution in [2.75, 3.05) is 14.2 Å². The van der Waals surface area contributed by atoms with Crippen molar-refractivity contribution < 1.29 is 13.9 Å². The van der Waals surface area contributed by atoms with E-state index in [0.717, 1.165) is 28.0 Å². The molecule has 1 unspecified atom stereocenters. The van der Waals surface area contributed by atoms with Crippen molar-refractivity contribution >= 4 is 23.0 Å². The van der Waals surface area contributed by atoms with Crippen molar-refractivity contribution in [2.45, 2.75) is 13.0 Å². The molecule has 0 aliphatic carbocycles. The Hall–Kier alpha value is -3.01. The highest BCUT2D eigenvalue weighted by Gasteiger charge is 2.19. The van der Waals surface area contributed by atoms with Crippen LogP contribution in [0.25, 0.3) is 17.0 Å². The molecule has 3 rings (SSSR count). The lowest BCUT2D eigenvalue weighted by atomic mass is 10.1. The van der Waals surface area contributed by atoms with E-state index in [1.54, 1.807) is 31.2 Å². The Bertz CT molecular complexity index is 877. The third-order valence-electron chi connectivity index (χ3n) is 4.30. The molecule has 1 aromatic heterocycles. The number of hydrogen-bond donors (Lipinski definition) is 0. The summed E-state index contributed by atoms with van der Waals surface area (Å²) in [5.74, 6) is 1.45. The van der Waals surface area contributed by atoms with E-state index in [9.17, 15) is 4.79 Å². The number of rotatable bonds is 5. The molecule has 4 nitrogen and oxygen atoms in total. The van der Waals surface area contributed by atoms with Gasteiger partial charge in [-0.25, -0.2) is 0 Å². The fourth-order valence-electron chi connectivity index (χ4n) is 2.62. The van der Waals surface area contributed by atoms with E-state index in [-0.39, 0.29) is 11.9 Å². The van der Waals surface area contributed by atoms with E-state index in [0.29, 0.717) is 0 Å². The maximum absolute atomic E-state index is 12.5. The van der Waals surface area contributed by atoms with Gasteiger partial charge in [-0.2, -0.15) is 0 Å². The summed E-state index contributed by atoms with van der Waals surface area (Å²) in [6.45, 7) is 1.95. The number of hydrogen-bond acceptors (Lipinski definition) is 3. The predicted octanol–water partition coefficient (Wildman–Crippen LogP) is 4.67. The quantitative estimate of drug-likeness (QED) is 0.636. The zero-order chi connectivity index (χ0) is 17.8. The first-order chi connectivity index (χ1) is 12.1. The first kappa shape index (κ1) is 16.8. The Morgan fingerprint density at radius 2 is 1.96 bits per heavy atom. The van der Waals surface area contributed by atoms with Crippen LogP contribution in [0.4, 0.5) is 0 Å². The van der Waals surface area contributed by atoms with E-state index in [4.69, 9.17) is 9.15 Å². The summed E-state index contributed by atoms with van der Waals surface area (Å²) in [5.41, 5.74) is 1.75. The van der Waals surface area contributed by atoms with Crippen molar-refractivity contribution in [1.29, 1.82) is 0 Å². The van der Waals surface area contributed by atoms with Crippen LogP contribution in [0.15, 0.2) is 65.1 Å². The molecule has 0 aliphatic heterocycles. The molecular weight excluding hydrogens is 314 g/mol. The van der Waals surface area contributed by atoms with Gasteiger partial charge in [-0.15, -0.1) is 0 Å². The second-order valence-corrected chi connectivity index (χ2v) is 5.92. The highest BCUT2D eigenvalue weighted by molar-refractivity contribution is 5.92. The van der Waals surface area contributed by atoms with E-state index in [1.165, 1.54) is 0 Å². The Balaban J connectivity index is 1.73. The van der Waals surface area contributed by atoms with Crippen LogP contribution in [0.3, 0.4) is 0 Å². The summed E-state index contributed by atoms with van der Waals surface area (Å²) in [6, 6.07) is 17.2. The lowest BCUT2D eigenvalue weighted by molar-refractivity contribution is -0.126. The van der Waals surface area contributed by atoms with Gasteiger partial charge < -0.3 is 14.1 Å². The Morgan fingerprint density at radius 3 is 2.72 bits per heavy atom. The average Bonchev–Trinajstić information content (AvgIpc) is 3.09. The molecule has 0 N–H and O–H groups in total. The van der Waals surface area contributed by atoms with Crippen molar-refractivity contribution in [3.8, 4) is 5.75 Å². The number of ether oxygens (including phenoxy) is 1. The number of carbonyl (C=O) groups is 1. The number of furan rings is 1. The lowest BCUT2D eigenvalue weighted by Crippen LogP contribution is -2.27. The number of methoxy groups -OCH3 is 1. The molecule has 0 fully saturated rings. The van der Waals surface area contributed by atoms with Crippen LogP contribution in [0, 0.1) is 0 Å². The maximum Gasteiger partial charge on any atom is 0.246 e. The Kier molecular flexibility index (Phi) is 4.89. The molecule has 128 valence electrons. The third-order valence-corrected chi connectivity index (χ3v) is 4.30. The minimum atomic E-state index is -0.158. The van der Waals surface area contributed by atoms with Crippen LogP contribution in [0.1, 0.15) is 24.3 Å². The SMILES string of the molecule is COc1cccc(C=CC(=O)N(C)C(C)c2cc3ccccc3o2)c1. The topological polar surface area (TPSA) is 42.7 Å². The van der Waals surface area contributed by atoms with Crippen LogP contribution in [-0.4, -0.2) is 25.0 Å². The maximum atomic E-state index is 12.5. The van der Waals surface area contributed by atoms with E-state index >= 15 is 0 Å². The molecule has 1 heterocycles. The first-order valence-electron chi connectivity index (χ1n) is 8.16. The Morgan fingerprint density at radius 1 is 1.16 bits per heavy atom. The zero-order valence-electron chi connectivity index (χ0n) is 14.6. The number of amides is 1. The molecule has 1 amide bonds. The van der Waals surface area contributed by atoms with Gasteiger partial charge in [0, 0.05) is 18.5 Å². The second-order valence-electron chi connectivity index (χ2n) is 5.92. The highest BCUT2D eigenvalue weighted by atomic mass is 16.5. The molecule has 0 saturated carbocycles.